The molecule has 0 radical (unpaired) electrons. The van der Waals surface area contributed by atoms with Crippen molar-refractivity contribution in [3.63, 3.8) is 0 Å². The number of phenols is 1. The van der Waals surface area contributed by atoms with Gasteiger partial charge in [-0.3, -0.25) is 0 Å². The zero-order valence-electron chi connectivity index (χ0n) is 13.9. The highest BCUT2D eigenvalue weighted by atomic mass is 19.1. The van der Waals surface area contributed by atoms with E-state index in [0.29, 0.717) is 24.3 Å². The number of aromatic hydroxyl groups is 1. The number of phenolic OH excluding ortho intramolecular Hbond substituents is 1. The molecule has 0 spiro atoms. The minimum atomic E-state index is -1.29. The van der Waals surface area contributed by atoms with Gasteiger partial charge in [-0.15, -0.1) is 0 Å². The molecule has 0 bridgehead atoms. The van der Waals surface area contributed by atoms with Crippen molar-refractivity contribution < 1.29 is 9.50 Å². The fourth-order valence-corrected chi connectivity index (χ4v) is 4.05. The monoisotopic (exact) mass is 325 g/mol. The Hall–Kier alpha value is -1.87. The second-order valence-corrected chi connectivity index (χ2v) is 7.33. The molecular weight excluding hydrogens is 301 g/mol. The molecule has 1 aliphatic heterocycles. The van der Waals surface area contributed by atoms with E-state index in [1.165, 1.54) is 12.0 Å². The van der Waals surface area contributed by atoms with Gasteiger partial charge in [-0.1, -0.05) is 42.5 Å². The van der Waals surface area contributed by atoms with E-state index in [4.69, 9.17) is 0 Å². The number of benzene rings is 2. The standard InChI is InChI=1S/C21H24FNO/c22-21(18-7-4-8-19(24)14-18)9-11-23(12-10-21)15-17-13-20(17)16-5-2-1-3-6-16/h1-8,14,17,20,24H,9-13,15H2. The Labute approximate surface area is 142 Å². The number of rotatable bonds is 4. The van der Waals surface area contributed by atoms with Gasteiger partial charge in [0, 0.05) is 19.6 Å². The van der Waals surface area contributed by atoms with Gasteiger partial charge in [0.25, 0.3) is 0 Å². The summed E-state index contributed by atoms with van der Waals surface area (Å²) in [5, 5.41) is 9.60. The van der Waals surface area contributed by atoms with E-state index in [1.807, 2.05) is 0 Å². The zero-order chi connectivity index (χ0) is 16.6. The quantitative estimate of drug-likeness (QED) is 0.897. The van der Waals surface area contributed by atoms with Gasteiger partial charge in [0.1, 0.15) is 11.4 Å². The molecule has 2 nitrogen and oxygen atoms in total. The highest BCUT2D eigenvalue weighted by Crippen LogP contribution is 2.48. The first-order valence-electron chi connectivity index (χ1n) is 8.90. The predicted molar refractivity (Wildman–Crippen MR) is 93.9 cm³/mol. The van der Waals surface area contributed by atoms with Crippen LogP contribution >= 0.6 is 0 Å². The topological polar surface area (TPSA) is 23.5 Å². The first-order chi connectivity index (χ1) is 11.6. The third-order valence-corrected chi connectivity index (χ3v) is 5.66. The minimum Gasteiger partial charge on any atom is -0.508 e. The van der Waals surface area contributed by atoms with E-state index in [2.05, 4.69) is 35.2 Å². The van der Waals surface area contributed by atoms with E-state index >= 15 is 4.39 Å². The van der Waals surface area contributed by atoms with Crippen molar-refractivity contribution in [1.82, 2.24) is 4.90 Å². The molecule has 4 rings (SSSR count). The highest BCUT2D eigenvalue weighted by molar-refractivity contribution is 5.32. The Morgan fingerprint density at radius 1 is 1.04 bits per heavy atom. The van der Waals surface area contributed by atoms with Gasteiger partial charge < -0.3 is 10.0 Å². The average molecular weight is 325 g/mol. The molecule has 1 saturated heterocycles. The van der Waals surface area contributed by atoms with E-state index < -0.39 is 5.67 Å². The summed E-state index contributed by atoms with van der Waals surface area (Å²) in [6, 6.07) is 17.4. The summed E-state index contributed by atoms with van der Waals surface area (Å²) in [6.45, 7) is 2.67. The first kappa shape index (κ1) is 15.6. The van der Waals surface area contributed by atoms with Crippen molar-refractivity contribution in [2.24, 2.45) is 5.92 Å². The van der Waals surface area contributed by atoms with E-state index in [9.17, 15) is 5.11 Å². The van der Waals surface area contributed by atoms with Crippen LogP contribution in [0.3, 0.4) is 0 Å². The molecular formula is C21H24FNO. The summed E-state index contributed by atoms with van der Waals surface area (Å²) in [4.78, 5) is 2.41. The molecule has 2 atom stereocenters. The van der Waals surface area contributed by atoms with E-state index in [0.717, 1.165) is 25.6 Å². The molecule has 1 heterocycles. The molecule has 0 amide bonds. The molecule has 2 unspecified atom stereocenters. The molecule has 2 aliphatic rings. The Kier molecular flexibility index (Phi) is 4.05. The molecule has 24 heavy (non-hydrogen) atoms. The van der Waals surface area contributed by atoms with Gasteiger partial charge >= 0.3 is 0 Å². The largest absolute Gasteiger partial charge is 0.508 e. The number of nitrogens with zero attached hydrogens (tertiary/aromatic N) is 1. The van der Waals surface area contributed by atoms with E-state index in [-0.39, 0.29) is 5.75 Å². The van der Waals surface area contributed by atoms with Gasteiger partial charge in [-0.05, 0) is 54.4 Å². The molecule has 2 aromatic carbocycles. The van der Waals surface area contributed by atoms with Crippen LogP contribution in [-0.2, 0) is 5.67 Å². The summed E-state index contributed by atoms with van der Waals surface area (Å²) in [6.07, 6.45) is 2.28. The van der Waals surface area contributed by atoms with Crippen LogP contribution in [0.4, 0.5) is 4.39 Å². The van der Waals surface area contributed by atoms with Crippen molar-refractivity contribution in [3.05, 3.63) is 65.7 Å². The molecule has 2 aromatic rings. The lowest BCUT2D eigenvalue weighted by atomic mass is 9.86. The van der Waals surface area contributed by atoms with Crippen LogP contribution in [0.1, 0.15) is 36.3 Å². The van der Waals surface area contributed by atoms with Gasteiger partial charge in [0.15, 0.2) is 0 Å². The van der Waals surface area contributed by atoms with Crippen LogP contribution in [0.5, 0.6) is 5.75 Å². The number of alkyl halides is 1. The number of hydrogen-bond donors (Lipinski definition) is 1. The minimum absolute atomic E-state index is 0.149. The molecule has 1 aliphatic carbocycles. The normalized spacial score (nSPS) is 26.2. The van der Waals surface area contributed by atoms with Crippen LogP contribution in [0.15, 0.2) is 54.6 Å². The smallest absolute Gasteiger partial charge is 0.138 e. The first-order valence-corrected chi connectivity index (χ1v) is 8.90. The van der Waals surface area contributed by atoms with Crippen LogP contribution in [0.25, 0.3) is 0 Å². The lowest BCUT2D eigenvalue weighted by Crippen LogP contribution is -2.41. The van der Waals surface area contributed by atoms with Crippen LogP contribution in [0.2, 0.25) is 0 Å². The van der Waals surface area contributed by atoms with Crippen molar-refractivity contribution in [3.8, 4) is 5.75 Å². The maximum atomic E-state index is 15.2. The third-order valence-electron chi connectivity index (χ3n) is 5.66. The molecule has 0 aromatic heterocycles. The fraction of sp³-hybridized carbons (Fsp3) is 0.429. The van der Waals surface area contributed by atoms with Crippen LogP contribution in [-0.4, -0.2) is 29.6 Å². The van der Waals surface area contributed by atoms with Crippen molar-refractivity contribution in [1.29, 1.82) is 0 Å². The molecule has 126 valence electrons. The number of piperidine rings is 1. The summed E-state index contributed by atoms with van der Waals surface area (Å²) < 4.78 is 15.2. The van der Waals surface area contributed by atoms with Crippen LogP contribution in [0, 0.1) is 5.92 Å². The van der Waals surface area contributed by atoms with Crippen LogP contribution < -0.4 is 0 Å². The number of likely N-dealkylation sites (tertiary alicyclic amines) is 1. The van der Waals surface area contributed by atoms with Crippen molar-refractivity contribution in [2.75, 3.05) is 19.6 Å². The summed E-state index contributed by atoms with van der Waals surface area (Å²) in [5.74, 6) is 1.56. The Morgan fingerprint density at radius 3 is 2.50 bits per heavy atom. The second kappa shape index (κ2) is 6.21. The number of hydrogen-bond acceptors (Lipinski definition) is 2. The van der Waals surface area contributed by atoms with Gasteiger partial charge in [-0.25, -0.2) is 4.39 Å². The Bertz CT molecular complexity index is 694. The van der Waals surface area contributed by atoms with Crippen molar-refractivity contribution in [2.45, 2.75) is 30.8 Å². The summed E-state index contributed by atoms with van der Waals surface area (Å²) in [5.41, 5.74) is 0.771. The molecule has 1 N–H and O–H groups in total. The molecule has 2 fully saturated rings. The lowest BCUT2D eigenvalue weighted by Gasteiger charge is -2.37. The number of halogens is 1. The Morgan fingerprint density at radius 2 is 1.79 bits per heavy atom. The van der Waals surface area contributed by atoms with Crippen molar-refractivity contribution >= 4 is 0 Å². The summed E-state index contributed by atoms with van der Waals surface area (Å²) >= 11 is 0. The lowest BCUT2D eigenvalue weighted by molar-refractivity contribution is 0.0536. The fourth-order valence-electron chi connectivity index (χ4n) is 4.05. The van der Waals surface area contributed by atoms with E-state index in [1.54, 1.807) is 24.3 Å². The third kappa shape index (κ3) is 3.18. The highest BCUT2D eigenvalue weighted by Gasteiger charge is 2.42. The zero-order valence-corrected chi connectivity index (χ0v) is 13.9. The maximum Gasteiger partial charge on any atom is 0.138 e. The van der Waals surface area contributed by atoms with Gasteiger partial charge in [0.05, 0.1) is 0 Å². The molecule has 1 saturated carbocycles. The Balaban J connectivity index is 1.32. The van der Waals surface area contributed by atoms with Gasteiger partial charge in [-0.2, -0.15) is 0 Å². The molecule has 3 heteroatoms. The van der Waals surface area contributed by atoms with Gasteiger partial charge in [0.2, 0.25) is 0 Å². The maximum absolute atomic E-state index is 15.2. The SMILES string of the molecule is Oc1cccc(C2(F)CCN(CC3CC3c3ccccc3)CC2)c1. The summed E-state index contributed by atoms with van der Waals surface area (Å²) in [7, 11) is 0. The second-order valence-electron chi connectivity index (χ2n) is 7.33. The predicted octanol–water partition coefficient (Wildman–Crippen LogP) is 4.46. The average Bonchev–Trinajstić information content (AvgIpc) is 3.37.